The van der Waals surface area contributed by atoms with E-state index in [0.29, 0.717) is 12.2 Å². The number of phenolic OH excluding ortho intramolecular Hbond substituents is 2. The lowest BCUT2D eigenvalue weighted by atomic mass is 10.1. The molecule has 0 saturated heterocycles. The third kappa shape index (κ3) is 3.57. The fourth-order valence-electron chi connectivity index (χ4n) is 2.44. The highest BCUT2D eigenvalue weighted by Gasteiger charge is 2.19. The molecule has 0 aliphatic heterocycles. The highest BCUT2D eigenvalue weighted by atomic mass is 35.5. The molecule has 26 heavy (non-hydrogen) atoms. The van der Waals surface area contributed by atoms with Gasteiger partial charge in [-0.1, -0.05) is 23.7 Å². The Hall–Kier alpha value is -3.19. The summed E-state index contributed by atoms with van der Waals surface area (Å²) in [5.41, 5.74) is 1.71. The number of hydrogen-bond acceptors (Lipinski definition) is 5. The third-order valence-electron chi connectivity index (χ3n) is 3.83. The smallest absolute Gasteiger partial charge is 0.255 e. The quantitative estimate of drug-likeness (QED) is 0.549. The van der Waals surface area contributed by atoms with Gasteiger partial charge in [0, 0.05) is 18.2 Å². The van der Waals surface area contributed by atoms with Crippen LogP contribution in [0.25, 0.3) is 11.3 Å². The molecule has 0 saturated carbocycles. The van der Waals surface area contributed by atoms with Crippen LogP contribution in [-0.4, -0.2) is 33.4 Å². The van der Waals surface area contributed by atoms with E-state index in [1.165, 1.54) is 12.3 Å². The number of carbonyl (C=O) groups is 1. The lowest BCUT2D eigenvalue weighted by Crippen LogP contribution is -2.22. The van der Waals surface area contributed by atoms with Gasteiger partial charge < -0.3 is 20.3 Å². The molecule has 1 heterocycles. The summed E-state index contributed by atoms with van der Waals surface area (Å²) in [6, 6.07) is 9.78. The molecule has 7 nitrogen and oxygen atoms in total. The molecule has 3 aromatic rings. The van der Waals surface area contributed by atoms with Crippen molar-refractivity contribution in [1.29, 1.82) is 0 Å². The van der Waals surface area contributed by atoms with Crippen LogP contribution in [0.15, 0.2) is 42.6 Å². The molecule has 1 amide bonds. The molecule has 0 spiro atoms. The van der Waals surface area contributed by atoms with Crippen LogP contribution < -0.4 is 10.1 Å². The summed E-state index contributed by atoms with van der Waals surface area (Å²) < 4.78 is 5.10. The van der Waals surface area contributed by atoms with E-state index in [1.807, 2.05) is 12.1 Å². The van der Waals surface area contributed by atoms with Crippen molar-refractivity contribution in [1.82, 2.24) is 15.5 Å². The minimum Gasteiger partial charge on any atom is -0.507 e. The van der Waals surface area contributed by atoms with Crippen molar-refractivity contribution in [2.45, 2.75) is 6.54 Å². The number of ether oxygens (including phenoxy) is 1. The number of amides is 1. The molecule has 2 aromatic carbocycles. The second-order valence-electron chi connectivity index (χ2n) is 5.51. The summed E-state index contributed by atoms with van der Waals surface area (Å²) >= 11 is 5.89. The molecule has 1 aromatic heterocycles. The van der Waals surface area contributed by atoms with Crippen molar-refractivity contribution >= 4 is 17.5 Å². The number of aromatic amines is 1. The van der Waals surface area contributed by atoms with Crippen LogP contribution in [0.1, 0.15) is 15.9 Å². The third-order valence-corrected chi connectivity index (χ3v) is 4.13. The maximum absolute atomic E-state index is 12.5. The van der Waals surface area contributed by atoms with Crippen LogP contribution >= 0.6 is 11.6 Å². The van der Waals surface area contributed by atoms with Gasteiger partial charge in [0.2, 0.25) is 0 Å². The van der Waals surface area contributed by atoms with Gasteiger partial charge in [0.15, 0.2) is 0 Å². The normalized spacial score (nSPS) is 10.5. The van der Waals surface area contributed by atoms with Crippen molar-refractivity contribution in [3.63, 3.8) is 0 Å². The van der Waals surface area contributed by atoms with Crippen LogP contribution in [0.5, 0.6) is 17.2 Å². The Labute approximate surface area is 154 Å². The predicted octanol–water partition coefficient (Wildman–Crippen LogP) is 3.08. The van der Waals surface area contributed by atoms with Gasteiger partial charge in [-0.15, -0.1) is 0 Å². The number of nitrogens with one attached hydrogen (secondary N) is 2. The number of halogens is 1. The molecule has 8 heteroatoms. The Kier molecular flexibility index (Phi) is 4.99. The molecule has 0 unspecified atom stereocenters. The zero-order valence-corrected chi connectivity index (χ0v) is 14.5. The van der Waals surface area contributed by atoms with Crippen LogP contribution in [0.4, 0.5) is 0 Å². The van der Waals surface area contributed by atoms with E-state index < -0.39 is 0 Å². The van der Waals surface area contributed by atoms with E-state index >= 15 is 0 Å². The molecule has 0 aliphatic rings. The Bertz CT molecular complexity index is 938. The summed E-state index contributed by atoms with van der Waals surface area (Å²) in [6.45, 7) is 0.315. The maximum atomic E-state index is 12.5. The lowest BCUT2D eigenvalue weighted by Gasteiger charge is -2.09. The Balaban J connectivity index is 1.79. The van der Waals surface area contributed by atoms with Gasteiger partial charge in [-0.2, -0.15) is 5.10 Å². The zero-order chi connectivity index (χ0) is 18.7. The van der Waals surface area contributed by atoms with Crippen molar-refractivity contribution in [3.8, 4) is 28.5 Å². The first-order valence-corrected chi connectivity index (χ1v) is 8.03. The van der Waals surface area contributed by atoms with E-state index in [4.69, 9.17) is 16.3 Å². The minimum absolute atomic E-state index is 0.0528. The molecule has 134 valence electrons. The van der Waals surface area contributed by atoms with Crippen molar-refractivity contribution < 1.29 is 19.7 Å². The summed E-state index contributed by atoms with van der Waals surface area (Å²) in [7, 11) is 1.59. The van der Waals surface area contributed by atoms with E-state index in [1.54, 1.807) is 19.2 Å². The van der Waals surface area contributed by atoms with Crippen molar-refractivity contribution in [2.75, 3.05) is 7.11 Å². The Morgan fingerprint density at radius 2 is 1.96 bits per heavy atom. The predicted molar refractivity (Wildman–Crippen MR) is 96.5 cm³/mol. The number of hydrogen-bond donors (Lipinski definition) is 4. The number of aromatic hydroxyl groups is 2. The molecule has 0 radical (unpaired) electrons. The van der Waals surface area contributed by atoms with Crippen LogP contribution in [0.2, 0.25) is 5.02 Å². The van der Waals surface area contributed by atoms with Crippen LogP contribution in [-0.2, 0) is 6.54 Å². The fraction of sp³-hybridized carbons (Fsp3) is 0.111. The average molecular weight is 374 g/mol. The second-order valence-corrected chi connectivity index (χ2v) is 5.92. The zero-order valence-electron chi connectivity index (χ0n) is 13.8. The Morgan fingerprint density at radius 3 is 2.65 bits per heavy atom. The summed E-state index contributed by atoms with van der Waals surface area (Å²) in [5, 5.41) is 29.0. The van der Waals surface area contributed by atoms with Gasteiger partial charge in [-0.3, -0.25) is 9.89 Å². The number of phenols is 2. The average Bonchev–Trinajstić information content (AvgIpc) is 3.12. The van der Waals surface area contributed by atoms with E-state index in [-0.39, 0.29) is 33.6 Å². The molecule has 0 bridgehead atoms. The molecular formula is C18H16ClN3O4. The lowest BCUT2D eigenvalue weighted by molar-refractivity contribution is 0.0951. The first-order chi connectivity index (χ1) is 12.5. The first-order valence-electron chi connectivity index (χ1n) is 7.66. The van der Waals surface area contributed by atoms with Crippen LogP contribution in [0.3, 0.4) is 0 Å². The topological polar surface area (TPSA) is 107 Å². The number of carbonyl (C=O) groups excluding carboxylic acids is 1. The minimum atomic E-state index is -0.367. The van der Waals surface area contributed by atoms with E-state index in [2.05, 4.69) is 15.5 Å². The summed E-state index contributed by atoms with van der Waals surface area (Å²) in [5.74, 6) is -0.108. The second kappa shape index (κ2) is 7.37. The maximum Gasteiger partial charge on any atom is 0.255 e. The van der Waals surface area contributed by atoms with Crippen LogP contribution in [0, 0.1) is 0 Å². The Morgan fingerprint density at radius 1 is 1.23 bits per heavy atom. The number of aromatic nitrogens is 2. The highest BCUT2D eigenvalue weighted by molar-refractivity contribution is 6.32. The largest absolute Gasteiger partial charge is 0.507 e. The molecule has 0 atom stereocenters. The monoisotopic (exact) mass is 373 g/mol. The molecule has 0 aliphatic carbocycles. The SMILES string of the molecule is COc1ccc(CNC(=O)c2cn[nH]c2-c2cc(Cl)c(O)cc2O)cc1. The fourth-order valence-corrected chi connectivity index (χ4v) is 2.60. The number of rotatable bonds is 5. The van der Waals surface area contributed by atoms with Gasteiger partial charge in [-0.05, 0) is 23.8 Å². The number of nitrogens with zero attached hydrogens (tertiary/aromatic N) is 1. The first kappa shape index (κ1) is 17.6. The van der Waals surface area contributed by atoms with E-state index in [9.17, 15) is 15.0 Å². The van der Waals surface area contributed by atoms with Gasteiger partial charge in [0.05, 0.1) is 29.6 Å². The molecule has 4 N–H and O–H groups in total. The van der Waals surface area contributed by atoms with E-state index in [0.717, 1.165) is 17.4 Å². The van der Waals surface area contributed by atoms with Gasteiger partial charge in [0.25, 0.3) is 5.91 Å². The molecular weight excluding hydrogens is 358 g/mol. The number of H-pyrrole nitrogens is 1. The standard InChI is InChI=1S/C18H16ClN3O4/c1-26-11-4-2-10(3-5-11)8-20-18(25)13-9-21-22-17(13)12-6-14(19)16(24)7-15(12)23/h2-7,9,23-24H,8H2,1H3,(H,20,25)(H,21,22). The summed E-state index contributed by atoms with van der Waals surface area (Å²) in [6.07, 6.45) is 1.36. The van der Waals surface area contributed by atoms with Gasteiger partial charge in [-0.25, -0.2) is 0 Å². The van der Waals surface area contributed by atoms with Gasteiger partial charge in [0.1, 0.15) is 17.2 Å². The van der Waals surface area contributed by atoms with Crippen molar-refractivity contribution in [3.05, 3.63) is 58.7 Å². The summed E-state index contributed by atoms with van der Waals surface area (Å²) in [4.78, 5) is 12.5. The van der Waals surface area contributed by atoms with Gasteiger partial charge >= 0.3 is 0 Å². The number of benzene rings is 2. The van der Waals surface area contributed by atoms with Crippen molar-refractivity contribution in [2.24, 2.45) is 0 Å². The molecule has 3 rings (SSSR count). The number of methoxy groups -OCH3 is 1. The highest BCUT2D eigenvalue weighted by Crippen LogP contribution is 2.37. The molecule has 0 fully saturated rings.